The van der Waals surface area contributed by atoms with Crippen molar-refractivity contribution in [2.45, 2.75) is 34.1 Å². The molecule has 0 saturated heterocycles. The Kier molecular flexibility index (Phi) is 19.1. The third kappa shape index (κ3) is 8.81. The van der Waals surface area contributed by atoms with Crippen LogP contribution in [0, 0.1) is 4.91 Å². The molecule has 0 heterocycles. The molecule has 0 aliphatic carbocycles. The summed E-state index contributed by atoms with van der Waals surface area (Å²) in [5, 5.41) is 2.89. The van der Waals surface area contributed by atoms with E-state index in [9.17, 15) is 4.91 Å². The van der Waals surface area contributed by atoms with Crippen LogP contribution in [0.5, 0.6) is 0 Å². The van der Waals surface area contributed by atoms with E-state index < -0.39 is 0 Å². The highest BCUT2D eigenvalue weighted by atomic mass is 16.3. The zero-order chi connectivity index (χ0) is 12.9. The van der Waals surface area contributed by atoms with Crippen LogP contribution < -0.4 is 0 Å². The average Bonchev–Trinajstić information content (AvgIpc) is 2.34. The van der Waals surface area contributed by atoms with Crippen molar-refractivity contribution in [1.29, 1.82) is 0 Å². The van der Waals surface area contributed by atoms with Crippen molar-refractivity contribution < 1.29 is 4.79 Å². The lowest BCUT2D eigenvalue weighted by molar-refractivity contribution is -0.0979. The van der Waals surface area contributed by atoms with Crippen molar-refractivity contribution in [3.05, 3.63) is 41.0 Å². The predicted molar refractivity (Wildman–Crippen MR) is 66.6 cm³/mol. The molecule has 0 radical (unpaired) electrons. The van der Waals surface area contributed by atoms with Gasteiger partial charge in [-0.1, -0.05) is 40.0 Å². The minimum atomic E-state index is 0.433. The van der Waals surface area contributed by atoms with E-state index in [2.05, 4.69) is 18.3 Å². The third-order valence-electron chi connectivity index (χ3n) is 1.53. The Morgan fingerprint density at radius 1 is 1.33 bits per heavy atom. The summed E-state index contributed by atoms with van der Waals surface area (Å²) in [5.41, 5.74) is 1.98. The predicted octanol–water partition coefficient (Wildman–Crippen LogP) is 4.02. The second-order valence-electron chi connectivity index (χ2n) is 2.28. The summed E-state index contributed by atoms with van der Waals surface area (Å²) in [4.78, 5) is 18.3. The monoisotopic (exact) mass is 211 g/mol. The van der Waals surface area contributed by atoms with E-state index in [1.165, 1.54) is 0 Å². The quantitative estimate of drug-likeness (QED) is 0.520. The first-order valence-electron chi connectivity index (χ1n) is 4.81. The number of nitrogens with zero attached hydrogens (tertiary/aromatic N) is 1. The lowest BCUT2D eigenvalue weighted by atomic mass is 10.1. The zero-order valence-electron chi connectivity index (χ0n) is 10.2. The summed E-state index contributed by atoms with van der Waals surface area (Å²) in [7, 11) is 0. The minimum Gasteiger partial charge on any atom is -0.307 e. The lowest BCUT2D eigenvalue weighted by Crippen LogP contribution is -1.85. The maximum Gasteiger partial charge on any atom is 0.113 e. The highest BCUT2D eigenvalue weighted by Crippen LogP contribution is 2.17. The van der Waals surface area contributed by atoms with E-state index in [1.807, 2.05) is 27.6 Å². The number of hydrogen-bond acceptors (Lipinski definition) is 3. The second-order valence-corrected chi connectivity index (χ2v) is 2.28. The van der Waals surface area contributed by atoms with Gasteiger partial charge >= 0.3 is 0 Å². The summed E-state index contributed by atoms with van der Waals surface area (Å²) in [6.07, 6.45) is 2.35. The third-order valence-corrected chi connectivity index (χ3v) is 1.53. The normalized spacial score (nSPS) is 9.33. The molecule has 0 aliphatic rings. The molecule has 3 heteroatoms. The van der Waals surface area contributed by atoms with Crippen molar-refractivity contribution in [3.63, 3.8) is 0 Å². The Morgan fingerprint density at radius 3 is 1.93 bits per heavy atom. The maximum absolute atomic E-state index is 10.3. The number of nitroso groups, excluding NO2 is 1. The molecule has 0 aliphatic heterocycles. The fourth-order valence-corrected chi connectivity index (χ4v) is 0.680. The van der Waals surface area contributed by atoms with E-state index in [1.54, 1.807) is 13.0 Å². The fourth-order valence-electron chi connectivity index (χ4n) is 0.680. The van der Waals surface area contributed by atoms with E-state index >= 15 is 0 Å². The molecule has 0 unspecified atom stereocenters. The number of hydrogen-bond donors (Lipinski definition) is 0. The average molecular weight is 211 g/mol. The number of carbonyl (C=O) groups excluding carboxylic acids is 1. The minimum absolute atomic E-state index is 0.433. The van der Waals surface area contributed by atoms with Crippen molar-refractivity contribution >= 4 is 6.79 Å². The molecular weight excluding hydrogens is 190 g/mol. The van der Waals surface area contributed by atoms with Gasteiger partial charge in [-0.25, -0.2) is 0 Å². The highest BCUT2D eigenvalue weighted by molar-refractivity contribution is 5.35. The molecular formula is C12H21NO2. The van der Waals surface area contributed by atoms with Crippen LogP contribution in [0.15, 0.2) is 41.3 Å². The molecule has 0 aromatic carbocycles. The van der Waals surface area contributed by atoms with E-state index in [4.69, 9.17) is 4.79 Å². The molecule has 86 valence electrons. The highest BCUT2D eigenvalue weighted by Gasteiger charge is 2.02. The summed E-state index contributed by atoms with van der Waals surface area (Å²) in [5.74, 6) is 0. The van der Waals surface area contributed by atoms with Crippen LogP contribution in [0.25, 0.3) is 0 Å². The van der Waals surface area contributed by atoms with Crippen molar-refractivity contribution in [2.75, 3.05) is 0 Å². The van der Waals surface area contributed by atoms with Gasteiger partial charge in [0, 0.05) is 0 Å². The van der Waals surface area contributed by atoms with Gasteiger partial charge in [-0.05, 0) is 29.7 Å². The molecule has 0 atom stereocenters. The number of allylic oxidation sites excluding steroid dienone is 3. The molecule has 0 spiro atoms. The van der Waals surface area contributed by atoms with Gasteiger partial charge in [-0.3, -0.25) is 0 Å². The van der Waals surface area contributed by atoms with Gasteiger partial charge in [0.05, 0.1) is 0 Å². The lowest BCUT2D eigenvalue weighted by Gasteiger charge is -2.01. The van der Waals surface area contributed by atoms with Crippen molar-refractivity contribution in [2.24, 2.45) is 5.18 Å². The molecule has 0 N–H and O–H groups in total. The molecule has 0 aromatic rings. The molecule has 15 heavy (non-hydrogen) atoms. The van der Waals surface area contributed by atoms with Crippen molar-refractivity contribution in [3.8, 4) is 0 Å². The Labute approximate surface area is 92.6 Å². The van der Waals surface area contributed by atoms with E-state index in [-0.39, 0.29) is 0 Å². The molecule has 3 nitrogen and oxygen atoms in total. The van der Waals surface area contributed by atoms with Gasteiger partial charge < -0.3 is 4.79 Å². The van der Waals surface area contributed by atoms with Crippen LogP contribution in [0.3, 0.4) is 0 Å². The smallest absolute Gasteiger partial charge is 0.113 e. The summed E-state index contributed by atoms with van der Waals surface area (Å²) >= 11 is 0. The first-order valence-corrected chi connectivity index (χ1v) is 4.81. The molecule has 0 rings (SSSR count). The van der Waals surface area contributed by atoms with Crippen LogP contribution in [0.4, 0.5) is 0 Å². The molecule has 0 saturated carbocycles. The Balaban J connectivity index is -0.000000318. The second kappa shape index (κ2) is 15.0. The summed E-state index contributed by atoms with van der Waals surface area (Å²) < 4.78 is 0. The summed E-state index contributed by atoms with van der Waals surface area (Å²) in [6.45, 7) is 17.0. The van der Waals surface area contributed by atoms with Crippen molar-refractivity contribution in [1.82, 2.24) is 0 Å². The maximum atomic E-state index is 10.3. The van der Waals surface area contributed by atoms with Gasteiger partial charge in [0.2, 0.25) is 0 Å². The van der Waals surface area contributed by atoms with Gasteiger partial charge in [-0.2, -0.15) is 0 Å². The molecule has 0 fully saturated rings. The van der Waals surface area contributed by atoms with Gasteiger partial charge in [-0.15, -0.1) is 4.91 Å². The Bertz CT molecular complexity index is 230. The molecule has 0 amide bonds. The van der Waals surface area contributed by atoms with E-state index in [0.717, 1.165) is 17.6 Å². The first kappa shape index (κ1) is 19.1. The van der Waals surface area contributed by atoms with Crippen LogP contribution in [-0.2, 0) is 4.79 Å². The summed E-state index contributed by atoms with van der Waals surface area (Å²) in [6, 6.07) is 0. The molecule has 0 bridgehead atoms. The number of rotatable bonds is 4. The van der Waals surface area contributed by atoms with Crippen LogP contribution in [0.1, 0.15) is 34.1 Å². The Morgan fingerprint density at radius 2 is 1.73 bits per heavy atom. The largest absolute Gasteiger partial charge is 0.307 e. The van der Waals surface area contributed by atoms with Crippen LogP contribution >= 0.6 is 0 Å². The van der Waals surface area contributed by atoms with Gasteiger partial charge in [0.15, 0.2) is 0 Å². The van der Waals surface area contributed by atoms with Gasteiger partial charge in [0.1, 0.15) is 12.5 Å². The SMILES string of the molecule is C=C/C(C)=C(/N=O)C(=C)CC.C=O.CC. The Hall–Kier alpha value is -1.51. The van der Waals surface area contributed by atoms with E-state index in [0.29, 0.717) is 5.70 Å². The van der Waals surface area contributed by atoms with Gasteiger partial charge in [0.25, 0.3) is 0 Å². The van der Waals surface area contributed by atoms with Crippen LogP contribution in [0.2, 0.25) is 0 Å². The topological polar surface area (TPSA) is 46.5 Å². The zero-order valence-corrected chi connectivity index (χ0v) is 10.2. The number of carbonyl (C=O) groups is 1. The fraction of sp³-hybridized carbons (Fsp3) is 0.417. The van der Waals surface area contributed by atoms with Crippen LogP contribution in [-0.4, -0.2) is 6.79 Å². The standard InChI is InChI=1S/C9H13NO.C2H6.CH2O/c1-5-7(3)9(10-11)8(4)6-2;2*1-2/h5H,1,4,6H2,2-3H3;1-2H3;1H2/b9-7+;;. The first-order chi connectivity index (χ1) is 7.17. The molecule has 0 aromatic heterocycles.